The Kier molecular flexibility index (Phi) is 5.83. The Bertz CT molecular complexity index is 1170. The van der Waals surface area contributed by atoms with Gasteiger partial charge in [-0.15, -0.1) is 11.8 Å². The number of benzene rings is 1. The summed E-state index contributed by atoms with van der Waals surface area (Å²) in [6.45, 7) is 1.99. The highest BCUT2D eigenvalue weighted by molar-refractivity contribution is 14.2. The Morgan fingerprint density at radius 3 is 2.71 bits per heavy atom. The van der Waals surface area contributed by atoms with Crippen LogP contribution in [0.1, 0.15) is 5.82 Å². The van der Waals surface area contributed by atoms with Crippen LogP contribution < -0.4 is 5.32 Å². The molecular formula is C18H17ClIN6PS. The molecule has 0 bridgehead atoms. The number of imidazole rings is 2. The van der Waals surface area contributed by atoms with E-state index >= 15 is 0 Å². The van der Waals surface area contributed by atoms with Gasteiger partial charge in [-0.1, -0.05) is 17.7 Å². The molecule has 0 aliphatic heterocycles. The number of hydrogen-bond donors (Lipinski definition) is 1. The molecule has 3 heterocycles. The van der Waals surface area contributed by atoms with Gasteiger partial charge >= 0.3 is 0 Å². The Morgan fingerprint density at radius 2 is 2.04 bits per heavy atom. The van der Waals surface area contributed by atoms with Crippen molar-refractivity contribution in [3.05, 3.63) is 47.8 Å². The fraction of sp³-hybridized carbons (Fsp3) is 0.167. The van der Waals surface area contributed by atoms with Gasteiger partial charge in [-0.3, -0.25) is 4.34 Å². The largest absolute Gasteiger partial charge is 0.353 e. The van der Waals surface area contributed by atoms with Crippen LogP contribution in [0.5, 0.6) is 0 Å². The van der Waals surface area contributed by atoms with Crippen molar-refractivity contribution in [2.45, 2.75) is 11.8 Å². The molecule has 3 aromatic heterocycles. The normalized spacial score (nSPS) is 11.8. The number of aryl methyl sites for hydroxylation is 2. The average molecular weight is 543 g/mol. The van der Waals surface area contributed by atoms with E-state index in [0.29, 0.717) is 11.5 Å². The van der Waals surface area contributed by atoms with Crippen molar-refractivity contribution in [1.29, 1.82) is 0 Å². The van der Waals surface area contributed by atoms with E-state index in [1.807, 2.05) is 37.1 Å². The molecule has 1 atom stereocenters. The lowest BCUT2D eigenvalue weighted by atomic mass is 10.1. The van der Waals surface area contributed by atoms with Crippen LogP contribution >= 0.6 is 51.8 Å². The van der Waals surface area contributed by atoms with Crippen molar-refractivity contribution in [1.82, 2.24) is 23.9 Å². The first-order valence-electron chi connectivity index (χ1n) is 8.36. The minimum absolute atomic E-state index is 0.446. The maximum Gasteiger partial charge on any atom is 0.167 e. The molecule has 0 aliphatic rings. The second-order valence-electron chi connectivity index (χ2n) is 6.21. The second kappa shape index (κ2) is 8.18. The van der Waals surface area contributed by atoms with Gasteiger partial charge in [-0.05, 0) is 47.4 Å². The molecule has 0 amide bonds. The number of pyridine rings is 1. The van der Waals surface area contributed by atoms with Gasteiger partial charge in [0.15, 0.2) is 5.65 Å². The first-order valence-corrected chi connectivity index (χ1v) is 14.0. The number of fused-ring (bicyclic) bond motifs is 1. The topological polar surface area (TPSA) is 60.6 Å². The van der Waals surface area contributed by atoms with Gasteiger partial charge < -0.3 is 9.88 Å². The highest BCUT2D eigenvalue weighted by atomic mass is 127. The van der Waals surface area contributed by atoms with E-state index in [-0.39, 0.29) is 0 Å². The van der Waals surface area contributed by atoms with Crippen LogP contribution in [-0.4, -0.2) is 30.1 Å². The van der Waals surface area contributed by atoms with Gasteiger partial charge in [0.2, 0.25) is 0 Å². The minimum Gasteiger partial charge on any atom is -0.353 e. The third-order valence-corrected chi connectivity index (χ3v) is 7.43. The second-order valence-corrected chi connectivity index (χ2v) is 9.51. The van der Waals surface area contributed by atoms with Crippen molar-refractivity contribution in [2.24, 2.45) is 7.05 Å². The van der Waals surface area contributed by atoms with E-state index in [4.69, 9.17) is 16.6 Å². The molecule has 4 rings (SSSR count). The number of rotatable bonds is 5. The Labute approximate surface area is 186 Å². The fourth-order valence-electron chi connectivity index (χ4n) is 2.98. The molecule has 0 spiro atoms. The summed E-state index contributed by atoms with van der Waals surface area (Å²) >= 11 is 10.3. The molecule has 1 N–H and O–H groups in total. The van der Waals surface area contributed by atoms with Crippen LogP contribution in [0.4, 0.5) is 11.4 Å². The number of nitrogens with zero attached hydrogens (tertiary/aromatic N) is 5. The van der Waals surface area contributed by atoms with Gasteiger partial charge in [-0.2, -0.15) is 0 Å². The molecule has 10 heteroatoms. The summed E-state index contributed by atoms with van der Waals surface area (Å²) in [5.41, 5.74) is 5.52. The van der Waals surface area contributed by atoms with Crippen LogP contribution in [0.25, 0.3) is 22.4 Å². The fourth-order valence-corrected chi connectivity index (χ4v) is 5.90. The maximum atomic E-state index is 6.30. The third-order valence-electron chi connectivity index (χ3n) is 4.31. The Morgan fingerprint density at radius 1 is 1.21 bits per heavy atom. The number of aromatic nitrogens is 5. The molecule has 4 aromatic rings. The molecular weight excluding hydrogens is 526 g/mol. The van der Waals surface area contributed by atoms with Crippen molar-refractivity contribution in [3.63, 3.8) is 0 Å². The summed E-state index contributed by atoms with van der Waals surface area (Å²) in [6.07, 6.45) is 6.40. The zero-order valence-corrected chi connectivity index (χ0v) is 20.1. The zero-order chi connectivity index (χ0) is 19.8. The van der Waals surface area contributed by atoms with Crippen molar-refractivity contribution in [2.75, 3.05) is 11.6 Å². The highest BCUT2D eigenvalue weighted by Crippen LogP contribution is 2.37. The van der Waals surface area contributed by atoms with E-state index in [1.54, 1.807) is 11.8 Å². The van der Waals surface area contributed by atoms with Crippen LogP contribution in [0, 0.1) is 6.92 Å². The van der Waals surface area contributed by atoms with E-state index in [2.05, 4.69) is 66.1 Å². The third kappa shape index (κ3) is 3.75. The van der Waals surface area contributed by atoms with Crippen LogP contribution in [0.3, 0.4) is 0 Å². The number of halogens is 2. The van der Waals surface area contributed by atoms with Gasteiger partial charge in [0.05, 0.1) is 29.8 Å². The summed E-state index contributed by atoms with van der Waals surface area (Å²) < 4.78 is 4.02. The standard InChI is InChI=1S/C18H17ClIN6PS/c1-10-22-17-13(7-16(19)24-18(17)26(10)27-20)23-12-5-4-11(6-15(12)28-3)14-8-25(2)9-21-14/h4-9,27H,1-3H3,(H,23,24). The van der Waals surface area contributed by atoms with E-state index in [9.17, 15) is 0 Å². The van der Waals surface area contributed by atoms with Gasteiger partial charge in [0.1, 0.15) is 16.5 Å². The molecule has 0 saturated heterocycles. The van der Waals surface area contributed by atoms with Gasteiger partial charge in [0, 0.05) is 29.8 Å². The van der Waals surface area contributed by atoms with Crippen molar-refractivity contribution >= 4 is 74.3 Å². The van der Waals surface area contributed by atoms with Crippen molar-refractivity contribution in [3.8, 4) is 11.3 Å². The summed E-state index contributed by atoms with van der Waals surface area (Å²) in [6, 6.07) is 8.11. The quantitative estimate of drug-likeness (QED) is 0.144. The van der Waals surface area contributed by atoms with E-state index in [0.717, 1.165) is 44.5 Å². The first-order chi connectivity index (χ1) is 13.5. The van der Waals surface area contributed by atoms with E-state index < -0.39 is 0 Å². The molecule has 6 nitrogen and oxygen atoms in total. The monoisotopic (exact) mass is 542 g/mol. The SMILES string of the molecule is CSc1cc(-c2cn(C)cn2)ccc1Nc1cc(Cl)nc2c1nc(C)n2PI. The number of nitrogens with one attached hydrogen (secondary N) is 1. The summed E-state index contributed by atoms with van der Waals surface area (Å²) in [7, 11) is 1.97. The Balaban J connectivity index is 1.77. The predicted octanol–water partition coefficient (Wildman–Crippen LogP) is 6.05. The zero-order valence-electron chi connectivity index (χ0n) is 15.4. The molecule has 0 fully saturated rings. The average Bonchev–Trinajstić information content (AvgIpc) is 3.24. The lowest BCUT2D eigenvalue weighted by molar-refractivity contribution is 0.913. The first kappa shape index (κ1) is 19.9. The molecule has 28 heavy (non-hydrogen) atoms. The summed E-state index contributed by atoms with van der Waals surface area (Å²) in [5, 5.41) is 3.96. The van der Waals surface area contributed by atoms with Crippen LogP contribution in [-0.2, 0) is 7.05 Å². The van der Waals surface area contributed by atoms with Crippen molar-refractivity contribution < 1.29 is 0 Å². The molecule has 0 radical (unpaired) electrons. The van der Waals surface area contributed by atoms with Gasteiger partial charge in [-0.25, -0.2) is 15.0 Å². The smallest absolute Gasteiger partial charge is 0.167 e. The van der Waals surface area contributed by atoms with E-state index in [1.165, 1.54) is 0 Å². The molecule has 144 valence electrons. The minimum atomic E-state index is 0.446. The maximum absolute atomic E-state index is 6.30. The van der Waals surface area contributed by atoms with Crippen LogP contribution in [0.2, 0.25) is 5.15 Å². The number of anilines is 2. The molecule has 0 saturated carbocycles. The number of thioether (sulfide) groups is 1. The summed E-state index contributed by atoms with van der Waals surface area (Å²) in [5.74, 6) is 0.927. The lowest BCUT2D eigenvalue weighted by Gasteiger charge is -2.13. The highest BCUT2D eigenvalue weighted by Gasteiger charge is 2.15. The Hall–Kier alpha value is -1.35. The van der Waals surface area contributed by atoms with Crippen LogP contribution in [0.15, 0.2) is 41.7 Å². The number of hydrogen-bond acceptors (Lipinski definition) is 5. The molecule has 1 aromatic carbocycles. The summed E-state index contributed by atoms with van der Waals surface area (Å²) in [4.78, 5) is 14.8. The lowest BCUT2D eigenvalue weighted by Crippen LogP contribution is -1.96. The predicted molar refractivity (Wildman–Crippen MR) is 129 cm³/mol. The molecule has 1 unspecified atom stereocenters. The van der Waals surface area contributed by atoms with Gasteiger partial charge in [0.25, 0.3) is 0 Å². The molecule has 0 aliphatic carbocycles.